The number of morpholine rings is 1. The van der Waals surface area contributed by atoms with Crippen molar-refractivity contribution >= 4 is 21.5 Å². The molecule has 0 atom stereocenters. The van der Waals surface area contributed by atoms with Crippen LogP contribution in [0.1, 0.15) is 5.56 Å². The summed E-state index contributed by atoms with van der Waals surface area (Å²) in [6.45, 7) is 3.29. The largest absolute Gasteiger partial charge is 0.493 e. The fourth-order valence-corrected chi connectivity index (χ4v) is 5.24. The second kappa shape index (κ2) is 9.74. The van der Waals surface area contributed by atoms with Crippen LogP contribution in [0.4, 0.5) is 11.5 Å². The number of nitrogens with one attached hydrogen (secondary N) is 1. The van der Waals surface area contributed by atoms with Gasteiger partial charge in [0.05, 0.1) is 38.0 Å². The van der Waals surface area contributed by atoms with Gasteiger partial charge in [-0.25, -0.2) is 8.42 Å². The normalized spacial score (nSPS) is 14.6. The Labute approximate surface area is 193 Å². The highest BCUT2D eigenvalue weighted by Gasteiger charge is 2.28. The topological polar surface area (TPSA) is 103 Å². The molecule has 1 aliphatic rings. The maximum absolute atomic E-state index is 13.2. The number of rotatable bonds is 7. The number of ether oxygens (including phenoxy) is 3. The number of hydrogen-bond acceptors (Lipinski definition) is 8. The molecule has 1 N–H and O–H groups in total. The molecule has 0 spiro atoms. The predicted molar refractivity (Wildman–Crippen MR) is 125 cm³/mol. The Balaban J connectivity index is 1.56. The minimum Gasteiger partial charge on any atom is -0.493 e. The Morgan fingerprint density at radius 1 is 0.939 bits per heavy atom. The van der Waals surface area contributed by atoms with Gasteiger partial charge in [-0.15, -0.1) is 10.2 Å². The van der Waals surface area contributed by atoms with E-state index in [0.717, 1.165) is 5.69 Å². The number of benzene rings is 2. The first-order chi connectivity index (χ1) is 15.9. The molecule has 1 aromatic heterocycles. The van der Waals surface area contributed by atoms with E-state index >= 15 is 0 Å². The zero-order valence-electron chi connectivity index (χ0n) is 18.7. The van der Waals surface area contributed by atoms with Gasteiger partial charge in [0.15, 0.2) is 17.3 Å². The highest BCUT2D eigenvalue weighted by molar-refractivity contribution is 7.89. The van der Waals surface area contributed by atoms with Crippen molar-refractivity contribution < 1.29 is 22.6 Å². The van der Waals surface area contributed by atoms with Crippen LogP contribution in [0.2, 0.25) is 0 Å². The van der Waals surface area contributed by atoms with Crippen LogP contribution in [-0.2, 0) is 14.8 Å². The van der Waals surface area contributed by atoms with Gasteiger partial charge in [-0.3, -0.25) is 0 Å². The second-order valence-corrected chi connectivity index (χ2v) is 9.40. The van der Waals surface area contributed by atoms with Crippen LogP contribution >= 0.6 is 0 Å². The number of sulfonamides is 1. The van der Waals surface area contributed by atoms with E-state index in [1.54, 1.807) is 57.5 Å². The molecule has 9 nitrogen and oxygen atoms in total. The maximum Gasteiger partial charge on any atom is 0.243 e. The zero-order valence-corrected chi connectivity index (χ0v) is 19.6. The van der Waals surface area contributed by atoms with Gasteiger partial charge < -0.3 is 19.5 Å². The summed E-state index contributed by atoms with van der Waals surface area (Å²) in [5.41, 5.74) is 2.71. The van der Waals surface area contributed by atoms with Crippen molar-refractivity contribution in [1.29, 1.82) is 0 Å². The quantitative estimate of drug-likeness (QED) is 0.561. The van der Waals surface area contributed by atoms with E-state index in [9.17, 15) is 8.42 Å². The minimum atomic E-state index is -3.61. The van der Waals surface area contributed by atoms with Gasteiger partial charge in [-0.1, -0.05) is 12.1 Å². The van der Waals surface area contributed by atoms with Crippen molar-refractivity contribution in [3.05, 3.63) is 54.1 Å². The van der Waals surface area contributed by atoms with Crippen molar-refractivity contribution in [3.63, 3.8) is 0 Å². The lowest BCUT2D eigenvalue weighted by Gasteiger charge is -2.26. The smallest absolute Gasteiger partial charge is 0.243 e. The van der Waals surface area contributed by atoms with E-state index in [2.05, 4.69) is 15.5 Å². The maximum atomic E-state index is 13.2. The van der Waals surface area contributed by atoms with Crippen LogP contribution in [-0.4, -0.2) is 63.4 Å². The number of aromatic nitrogens is 2. The number of anilines is 2. The van der Waals surface area contributed by atoms with E-state index in [4.69, 9.17) is 14.2 Å². The van der Waals surface area contributed by atoms with Crippen molar-refractivity contribution in [3.8, 4) is 22.8 Å². The first-order valence-corrected chi connectivity index (χ1v) is 11.9. The molecular formula is C23H26N4O5S. The van der Waals surface area contributed by atoms with Crippen LogP contribution in [0.3, 0.4) is 0 Å². The summed E-state index contributed by atoms with van der Waals surface area (Å²) in [5, 5.41) is 11.7. The van der Waals surface area contributed by atoms with E-state index < -0.39 is 10.0 Å². The molecule has 0 bridgehead atoms. The van der Waals surface area contributed by atoms with Crippen LogP contribution in [0.25, 0.3) is 11.3 Å². The van der Waals surface area contributed by atoms with Crippen LogP contribution in [0.5, 0.6) is 11.5 Å². The Morgan fingerprint density at radius 3 is 2.36 bits per heavy atom. The molecule has 2 heterocycles. The van der Waals surface area contributed by atoms with Gasteiger partial charge in [0.1, 0.15) is 0 Å². The third-order valence-electron chi connectivity index (χ3n) is 5.39. The molecule has 4 rings (SSSR count). The van der Waals surface area contributed by atoms with E-state index in [0.29, 0.717) is 60.4 Å². The van der Waals surface area contributed by atoms with Gasteiger partial charge in [0, 0.05) is 30.4 Å². The standard InChI is InChI=1S/C23H26N4O5S/c1-16-4-5-17(14-22(16)33(28,29)27-10-12-32-13-11-27)19-7-9-23(26-25-19)24-18-6-8-20(30-2)21(15-18)31-3/h4-9,14-15H,10-13H2,1-3H3,(H,24,26). The lowest BCUT2D eigenvalue weighted by atomic mass is 10.1. The predicted octanol–water partition coefficient (Wildman–Crippen LogP) is 3.23. The summed E-state index contributed by atoms with van der Waals surface area (Å²) >= 11 is 0. The molecule has 33 heavy (non-hydrogen) atoms. The molecule has 0 radical (unpaired) electrons. The first-order valence-electron chi connectivity index (χ1n) is 10.4. The van der Waals surface area contributed by atoms with E-state index in [-0.39, 0.29) is 4.90 Å². The van der Waals surface area contributed by atoms with Gasteiger partial charge in [-0.2, -0.15) is 4.31 Å². The summed E-state index contributed by atoms with van der Waals surface area (Å²) < 4.78 is 43.6. The third kappa shape index (κ3) is 4.92. The van der Waals surface area contributed by atoms with Crippen LogP contribution in [0, 0.1) is 6.92 Å². The Hall–Kier alpha value is -3.21. The molecule has 0 unspecified atom stereocenters. The molecule has 2 aromatic carbocycles. The molecule has 0 amide bonds. The number of nitrogens with zero attached hydrogens (tertiary/aromatic N) is 3. The van der Waals surface area contributed by atoms with E-state index in [1.807, 2.05) is 12.1 Å². The lowest BCUT2D eigenvalue weighted by molar-refractivity contribution is 0.0730. The average molecular weight is 471 g/mol. The van der Waals surface area contributed by atoms with Gasteiger partial charge in [0.2, 0.25) is 10.0 Å². The Morgan fingerprint density at radius 2 is 1.70 bits per heavy atom. The molecule has 10 heteroatoms. The lowest BCUT2D eigenvalue weighted by Crippen LogP contribution is -2.40. The monoisotopic (exact) mass is 470 g/mol. The van der Waals surface area contributed by atoms with Gasteiger partial charge in [0.25, 0.3) is 0 Å². The fraction of sp³-hybridized carbons (Fsp3) is 0.304. The molecular weight excluding hydrogens is 444 g/mol. The van der Waals surface area contributed by atoms with Crippen molar-refractivity contribution in [2.24, 2.45) is 0 Å². The fourth-order valence-electron chi connectivity index (χ4n) is 3.58. The number of aryl methyl sites for hydroxylation is 1. The van der Waals surface area contributed by atoms with Crippen LogP contribution < -0.4 is 14.8 Å². The van der Waals surface area contributed by atoms with Crippen molar-refractivity contribution in [2.45, 2.75) is 11.8 Å². The minimum absolute atomic E-state index is 0.274. The molecule has 1 fully saturated rings. The second-order valence-electron chi connectivity index (χ2n) is 7.50. The Kier molecular flexibility index (Phi) is 6.77. The highest BCUT2D eigenvalue weighted by atomic mass is 32.2. The third-order valence-corrected chi connectivity index (χ3v) is 7.43. The van der Waals surface area contributed by atoms with Gasteiger partial charge >= 0.3 is 0 Å². The van der Waals surface area contributed by atoms with Crippen LogP contribution in [0.15, 0.2) is 53.4 Å². The summed E-state index contributed by atoms with van der Waals surface area (Å²) in [7, 11) is -0.458. The molecule has 3 aromatic rings. The first kappa shape index (κ1) is 23.0. The molecule has 0 aliphatic carbocycles. The number of methoxy groups -OCH3 is 2. The van der Waals surface area contributed by atoms with Gasteiger partial charge in [-0.05, 0) is 42.8 Å². The van der Waals surface area contributed by atoms with E-state index in [1.165, 1.54) is 4.31 Å². The van der Waals surface area contributed by atoms with Crippen molar-refractivity contribution in [1.82, 2.24) is 14.5 Å². The average Bonchev–Trinajstić information content (AvgIpc) is 2.85. The number of hydrogen-bond donors (Lipinski definition) is 1. The zero-order chi connectivity index (χ0) is 23.4. The highest BCUT2D eigenvalue weighted by Crippen LogP contribution is 2.31. The SMILES string of the molecule is COc1ccc(Nc2ccc(-c3ccc(C)c(S(=O)(=O)N4CCOCC4)c3)nn2)cc1OC. The summed E-state index contributed by atoms with van der Waals surface area (Å²) in [6, 6.07) is 14.3. The molecule has 0 saturated carbocycles. The molecule has 1 aliphatic heterocycles. The Bertz CT molecular complexity index is 1230. The molecule has 1 saturated heterocycles. The molecule has 174 valence electrons. The van der Waals surface area contributed by atoms with Crippen molar-refractivity contribution in [2.75, 3.05) is 45.8 Å². The summed E-state index contributed by atoms with van der Waals surface area (Å²) in [6.07, 6.45) is 0. The summed E-state index contributed by atoms with van der Waals surface area (Å²) in [4.78, 5) is 0.274. The summed E-state index contributed by atoms with van der Waals surface area (Å²) in [5.74, 6) is 1.77.